The average molecular weight is 439 g/mol. The fourth-order valence-electron chi connectivity index (χ4n) is 2.75. The Bertz CT molecular complexity index is 942. The second-order valence-corrected chi connectivity index (χ2v) is 9.32. The molecule has 0 bridgehead atoms. The molecule has 0 aliphatic heterocycles. The van der Waals surface area contributed by atoms with E-state index in [1.807, 2.05) is 13.0 Å². The normalized spacial score (nSPS) is 11.1. The van der Waals surface area contributed by atoms with Gasteiger partial charge in [-0.05, 0) is 26.3 Å². The number of amides is 1. The molecule has 10 heteroatoms. The number of carbonyl (C=O) groups excluding carboxylic acids is 1. The monoisotopic (exact) mass is 438 g/mol. The molecule has 150 valence electrons. The predicted octanol–water partition coefficient (Wildman–Crippen LogP) is 3.95. The van der Waals surface area contributed by atoms with Gasteiger partial charge in [0.1, 0.15) is 11.4 Å². The third kappa shape index (κ3) is 4.50. The van der Waals surface area contributed by atoms with E-state index in [1.54, 1.807) is 17.5 Å². The first-order chi connectivity index (χ1) is 13.4. The van der Waals surface area contributed by atoms with E-state index in [0.717, 1.165) is 44.1 Å². The SMILES string of the molecule is CCc1ncc(CN(CC(=O)O)C(=O)c2cc3sc(N(CC)CC)nc3s2)s1. The van der Waals surface area contributed by atoms with Crippen LogP contribution in [0.3, 0.4) is 0 Å². The summed E-state index contributed by atoms with van der Waals surface area (Å²) >= 11 is 4.38. The number of hydrogen-bond acceptors (Lipinski definition) is 8. The van der Waals surface area contributed by atoms with Crippen molar-refractivity contribution in [1.82, 2.24) is 14.9 Å². The van der Waals surface area contributed by atoms with Crippen LogP contribution in [0, 0.1) is 0 Å². The Morgan fingerprint density at radius 3 is 2.46 bits per heavy atom. The van der Waals surface area contributed by atoms with Gasteiger partial charge in [0, 0.05) is 24.2 Å². The van der Waals surface area contributed by atoms with Gasteiger partial charge in [-0.15, -0.1) is 22.7 Å². The molecule has 3 rings (SSSR count). The molecule has 7 nitrogen and oxygen atoms in total. The van der Waals surface area contributed by atoms with Gasteiger partial charge in [0.05, 0.1) is 21.1 Å². The number of thiophene rings is 1. The smallest absolute Gasteiger partial charge is 0.323 e. The number of fused-ring (bicyclic) bond motifs is 1. The minimum absolute atomic E-state index is 0.243. The maximum Gasteiger partial charge on any atom is 0.323 e. The fourth-order valence-corrected chi connectivity index (χ4v) is 5.93. The minimum atomic E-state index is -1.03. The lowest BCUT2D eigenvalue weighted by Gasteiger charge is -2.19. The van der Waals surface area contributed by atoms with E-state index in [9.17, 15) is 14.7 Å². The molecule has 0 aliphatic carbocycles. The Kier molecular flexibility index (Phi) is 6.63. The average Bonchev–Trinajstić information content (AvgIpc) is 3.36. The standard InChI is InChI=1S/C18H22N4O3S3/c1-4-14-19-8-11(26-14)9-22(10-15(23)24)17(25)13-7-12-16(27-13)20-18(28-12)21(5-2)6-3/h7-8H,4-6,9-10H2,1-3H3,(H,23,24). The predicted molar refractivity (Wildman–Crippen MR) is 115 cm³/mol. The molecule has 0 saturated carbocycles. The first-order valence-electron chi connectivity index (χ1n) is 9.05. The van der Waals surface area contributed by atoms with Gasteiger partial charge in [-0.3, -0.25) is 9.59 Å². The number of carboxylic acids is 1. The molecule has 0 atom stereocenters. The van der Waals surface area contributed by atoms with E-state index < -0.39 is 5.97 Å². The summed E-state index contributed by atoms with van der Waals surface area (Å²) in [6, 6.07) is 1.83. The molecule has 1 amide bonds. The number of anilines is 1. The molecule has 1 N–H and O–H groups in total. The molecule has 3 aromatic rings. The van der Waals surface area contributed by atoms with Crippen LogP contribution < -0.4 is 4.90 Å². The number of aromatic nitrogens is 2. The Balaban J connectivity index is 1.83. The van der Waals surface area contributed by atoms with Gasteiger partial charge >= 0.3 is 5.97 Å². The molecule has 0 radical (unpaired) electrons. The first kappa shape index (κ1) is 20.7. The highest BCUT2D eigenvalue weighted by Gasteiger charge is 2.23. The zero-order valence-electron chi connectivity index (χ0n) is 16.0. The van der Waals surface area contributed by atoms with Gasteiger partial charge in [-0.2, -0.15) is 0 Å². The van der Waals surface area contributed by atoms with E-state index in [-0.39, 0.29) is 19.0 Å². The molecule has 0 saturated heterocycles. The molecular weight excluding hydrogens is 416 g/mol. The van der Waals surface area contributed by atoms with Crippen LogP contribution >= 0.6 is 34.0 Å². The molecule has 28 heavy (non-hydrogen) atoms. The number of carboxylic acid groups (broad SMARTS) is 1. The lowest BCUT2D eigenvalue weighted by atomic mass is 10.3. The summed E-state index contributed by atoms with van der Waals surface area (Å²) in [5, 5.41) is 11.2. The summed E-state index contributed by atoms with van der Waals surface area (Å²) in [5.41, 5.74) is 0. The molecule has 3 aromatic heterocycles. The number of carbonyl (C=O) groups is 2. The van der Waals surface area contributed by atoms with Crippen molar-refractivity contribution in [1.29, 1.82) is 0 Å². The van der Waals surface area contributed by atoms with Crippen molar-refractivity contribution in [2.75, 3.05) is 24.5 Å². The molecular formula is C18H22N4O3S3. The molecule has 0 spiro atoms. The van der Waals surface area contributed by atoms with Crippen molar-refractivity contribution in [2.24, 2.45) is 0 Å². The van der Waals surface area contributed by atoms with E-state index in [2.05, 4.69) is 28.7 Å². The zero-order valence-corrected chi connectivity index (χ0v) is 18.4. The van der Waals surface area contributed by atoms with Crippen LogP contribution in [0.5, 0.6) is 0 Å². The number of aliphatic carboxylic acids is 1. The van der Waals surface area contributed by atoms with Crippen molar-refractivity contribution in [3.63, 3.8) is 0 Å². The van der Waals surface area contributed by atoms with Gasteiger partial charge in [-0.25, -0.2) is 9.97 Å². The molecule has 0 aromatic carbocycles. The number of thiazole rings is 2. The highest BCUT2D eigenvalue weighted by Crippen LogP contribution is 2.35. The lowest BCUT2D eigenvalue weighted by Crippen LogP contribution is -2.34. The number of hydrogen-bond donors (Lipinski definition) is 1. The van der Waals surface area contributed by atoms with Crippen molar-refractivity contribution in [3.8, 4) is 0 Å². The van der Waals surface area contributed by atoms with Crippen LogP contribution in [0.25, 0.3) is 9.53 Å². The molecule has 0 aliphatic rings. The Morgan fingerprint density at radius 2 is 1.89 bits per heavy atom. The second-order valence-electron chi connectivity index (χ2n) is 6.08. The summed E-state index contributed by atoms with van der Waals surface area (Å²) in [7, 11) is 0. The maximum atomic E-state index is 13.0. The number of aryl methyl sites for hydroxylation is 1. The Hall–Kier alpha value is -2.04. The fraction of sp³-hybridized carbons (Fsp3) is 0.444. The second kappa shape index (κ2) is 8.97. The van der Waals surface area contributed by atoms with Gasteiger partial charge in [0.2, 0.25) is 0 Å². The summed E-state index contributed by atoms with van der Waals surface area (Å²) in [6.45, 7) is 7.84. The van der Waals surface area contributed by atoms with E-state index in [1.165, 1.54) is 27.6 Å². The summed E-state index contributed by atoms with van der Waals surface area (Å²) in [6.07, 6.45) is 2.54. The van der Waals surface area contributed by atoms with Crippen molar-refractivity contribution >= 4 is 60.5 Å². The number of rotatable bonds is 9. The van der Waals surface area contributed by atoms with Crippen LogP contribution in [-0.4, -0.2) is 51.5 Å². The summed E-state index contributed by atoms with van der Waals surface area (Å²) in [5.74, 6) is -1.32. The maximum absolute atomic E-state index is 13.0. The third-order valence-corrected chi connectivity index (χ3v) is 7.52. The summed E-state index contributed by atoms with van der Waals surface area (Å²) < 4.78 is 0.955. The van der Waals surface area contributed by atoms with Gasteiger partial charge < -0.3 is 14.9 Å². The largest absolute Gasteiger partial charge is 0.480 e. The van der Waals surface area contributed by atoms with Crippen molar-refractivity contribution in [3.05, 3.63) is 27.0 Å². The van der Waals surface area contributed by atoms with Gasteiger partial charge in [0.15, 0.2) is 5.13 Å². The first-order valence-corrected chi connectivity index (χ1v) is 11.5. The van der Waals surface area contributed by atoms with Crippen molar-refractivity contribution in [2.45, 2.75) is 33.7 Å². The summed E-state index contributed by atoms with van der Waals surface area (Å²) in [4.78, 5) is 38.9. The van der Waals surface area contributed by atoms with Crippen LogP contribution in [0.4, 0.5) is 5.13 Å². The van der Waals surface area contributed by atoms with Crippen LogP contribution in [0.2, 0.25) is 0 Å². The van der Waals surface area contributed by atoms with Crippen molar-refractivity contribution < 1.29 is 14.7 Å². The third-order valence-electron chi connectivity index (χ3n) is 4.19. The minimum Gasteiger partial charge on any atom is -0.480 e. The Labute approximate surface area is 175 Å². The molecule has 0 unspecified atom stereocenters. The van der Waals surface area contributed by atoms with Crippen LogP contribution in [0.1, 0.15) is 40.3 Å². The quantitative estimate of drug-likeness (QED) is 0.544. The molecule has 0 fully saturated rings. The highest BCUT2D eigenvalue weighted by atomic mass is 32.1. The lowest BCUT2D eigenvalue weighted by molar-refractivity contribution is -0.137. The topological polar surface area (TPSA) is 86.6 Å². The van der Waals surface area contributed by atoms with Crippen LogP contribution in [-0.2, 0) is 17.8 Å². The Morgan fingerprint density at radius 1 is 1.14 bits per heavy atom. The van der Waals surface area contributed by atoms with Gasteiger partial charge in [-0.1, -0.05) is 18.3 Å². The van der Waals surface area contributed by atoms with Crippen LogP contribution in [0.15, 0.2) is 12.3 Å². The highest BCUT2D eigenvalue weighted by molar-refractivity contribution is 7.29. The van der Waals surface area contributed by atoms with E-state index in [4.69, 9.17) is 0 Å². The number of nitrogens with zero attached hydrogens (tertiary/aromatic N) is 4. The van der Waals surface area contributed by atoms with Gasteiger partial charge in [0.25, 0.3) is 5.91 Å². The zero-order chi connectivity index (χ0) is 20.3. The molecule has 3 heterocycles. The van der Waals surface area contributed by atoms with E-state index >= 15 is 0 Å². The van der Waals surface area contributed by atoms with E-state index in [0.29, 0.717) is 4.88 Å².